The van der Waals surface area contributed by atoms with Crippen molar-refractivity contribution < 1.29 is 4.79 Å². The van der Waals surface area contributed by atoms with Crippen LogP contribution in [0.4, 0.5) is 5.69 Å². The van der Waals surface area contributed by atoms with Crippen LogP contribution in [0.2, 0.25) is 5.02 Å². The molecule has 2 aromatic rings. The summed E-state index contributed by atoms with van der Waals surface area (Å²) in [5, 5.41) is 3.75. The van der Waals surface area contributed by atoms with E-state index in [1.165, 1.54) is 24.0 Å². The van der Waals surface area contributed by atoms with Gasteiger partial charge in [0.25, 0.3) is 5.91 Å². The minimum absolute atomic E-state index is 0.0814. The van der Waals surface area contributed by atoms with E-state index in [9.17, 15) is 4.79 Å². The van der Waals surface area contributed by atoms with Crippen LogP contribution in [0.5, 0.6) is 0 Å². The minimum Gasteiger partial charge on any atom is -0.369 e. The monoisotopic (exact) mass is 506 g/mol. The standard InChI is InChI=1S/C30H39ClN4O/c1-5-35(26-13-11-25(12-14-26)34(3)4)29-19-24(31)18-27(21(29)2)30(36)33-20-23-15-16-32-28(23)17-22-9-7-6-8-10-22/h6-10,16,18-19,25-26H,5,11-15,17,20H2,1-4H3,(H,33,36). The van der Waals surface area contributed by atoms with Gasteiger partial charge in [-0.15, -0.1) is 0 Å². The number of hydrogen-bond acceptors (Lipinski definition) is 4. The second-order valence-electron chi connectivity index (χ2n) is 10.2. The summed E-state index contributed by atoms with van der Waals surface area (Å²) in [6.07, 6.45) is 8.21. The normalized spacial score (nSPS) is 19.7. The molecule has 1 saturated carbocycles. The van der Waals surface area contributed by atoms with E-state index >= 15 is 0 Å². The number of amides is 1. The number of anilines is 1. The average molecular weight is 507 g/mol. The van der Waals surface area contributed by atoms with E-state index < -0.39 is 0 Å². The molecule has 5 nitrogen and oxygen atoms in total. The average Bonchev–Trinajstić information content (AvgIpc) is 3.32. The van der Waals surface area contributed by atoms with Crippen LogP contribution >= 0.6 is 11.6 Å². The summed E-state index contributed by atoms with van der Waals surface area (Å²) in [4.78, 5) is 22.7. The lowest BCUT2D eigenvalue weighted by Gasteiger charge is -2.40. The molecule has 6 heteroatoms. The second kappa shape index (κ2) is 12.1. The number of rotatable bonds is 9. The van der Waals surface area contributed by atoms with E-state index in [4.69, 9.17) is 11.6 Å². The lowest BCUT2D eigenvalue weighted by molar-refractivity contribution is 0.0956. The first-order valence-corrected chi connectivity index (χ1v) is 13.5. The lowest BCUT2D eigenvalue weighted by Crippen LogP contribution is -2.42. The van der Waals surface area contributed by atoms with Crippen LogP contribution in [0.3, 0.4) is 0 Å². The second-order valence-corrected chi connectivity index (χ2v) is 10.7. The summed E-state index contributed by atoms with van der Waals surface area (Å²) < 4.78 is 0. The molecule has 1 aliphatic carbocycles. The molecule has 0 spiro atoms. The molecular weight excluding hydrogens is 468 g/mol. The van der Waals surface area contributed by atoms with Gasteiger partial charge in [0.2, 0.25) is 0 Å². The fraction of sp³-hybridized carbons (Fsp3) is 0.467. The number of halogens is 1. The molecule has 0 radical (unpaired) electrons. The fourth-order valence-electron chi connectivity index (χ4n) is 5.60. The van der Waals surface area contributed by atoms with E-state index in [2.05, 4.69) is 53.3 Å². The summed E-state index contributed by atoms with van der Waals surface area (Å²) in [6, 6.07) is 15.3. The maximum atomic E-state index is 13.3. The van der Waals surface area contributed by atoms with Crippen molar-refractivity contribution in [1.82, 2.24) is 10.2 Å². The Bertz CT molecular complexity index is 1120. The molecule has 36 heavy (non-hydrogen) atoms. The molecule has 2 aliphatic rings. The van der Waals surface area contributed by atoms with E-state index in [0.29, 0.717) is 29.2 Å². The zero-order valence-electron chi connectivity index (χ0n) is 22.1. The van der Waals surface area contributed by atoms with Crippen LogP contribution in [0, 0.1) is 6.92 Å². The number of allylic oxidation sites excluding steroid dienone is 1. The predicted molar refractivity (Wildman–Crippen MR) is 152 cm³/mol. The van der Waals surface area contributed by atoms with Gasteiger partial charge in [0.1, 0.15) is 0 Å². The molecule has 2 aromatic carbocycles. The highest BCUT2D eigenvalue weighted by molar-refractivity contribution is 6.31. The molecule has 4 rings (SSSR count). The van der Waals surface area contributed by atoms with Crippen molar-refractivity contribution in [2.75, 3.05) is 32.1 Å². The summed E-state index contributed by atoms with van der Waals surface area (Å²) in [6.45, 7) is 5.63. The Balaban J connectivity index is 1.47. The Morgan fingerprint density at radius 3 is 2.44 bits per heavy atom. The van der Waals surface area contributed by atoms with Gasteiger partial charge >= 0.3 is 0 Å². The Kier molecular flexibility index (Phi) is 8.86. The Morgan fingerprint density at radius 1 is 1.08 bits per heavy atom. The molecular formula is C30H39ClN4O. The van der Waals surface area contributed by atoms with Gasteiger partial charge < -0.3 is 15.1 Å². The zero-order valence-corrected chi connectivity index (χ0v) is 22.8. The molecule has 0 bridgehead atoms. The number of carbonyl (C=O) groups is 1. The van der Waals surface area contributed by atoms with Crippen molar-refractivity contribution in [3.8, 4) is 0 Å². The van der Waals surface area contributed by atoms with Crippen molar-refractivity contribution in [2.24, 2.45) is 4.99 Å². The highest BCUT2D eigenvalue weighted by Crippen LogP contribution is 2.34. The van der Waals surface area contributed by atoms with Gasteiger partial charge in [0, 0.05) is 66.2 Å². The molecule has 1 fully saturated rings. The van der Waals surface area contributed by atoms with Gasteiger partial charge in [-0.25, -0.2) is 0 Å². The van der Waals surface area contributed by atoms with Crippen molar-refractivity contribution in [2.45, 2.75) is 64.5 Å². The topological polar surface area (TPSA) is 47.9 Å². The van der Waals surface area contributed by atoms with E-state index in [1.54, 1.807) is 6.07 Å². The summed E-state index contributed by atoms with van der Waals surface area (Å²) in [5.41, 5.74) is 6.17. The highest BCUT2D eigenvalue weighted by Gasteiger charge is 2.28. The summed E-state index contributed by atoms with van der Waals surface area (Å²) in [7, 11) is 4.35. The van der Waals surface area contributed by atoms with Gasteiger partial charge in [-0.2, -0.15) is 0 Å². The maximum absolute atomic E-state index is 13.3. The van der Waals surface area contributed by atoms with Crippen molar-refractivity contribution in [3.63, 3.8) is 0 Å². The van der Waals surface area contributed by atoms with E-state index in [1.807, 2.05) is 37.4 Å². The van der Waals surface area contributed by atoms with Gasteiger partial charge in [-0.3, -0.25) is 9.79 Å². The third kappa shape index (κ3) is 6.19. The number of nitrogens with zero attached hydrogens (tertiary/aromatic N) is 3. The van der Waals surface area contributed by atoms with Crippen LogP contribution in [-0.4, -0.2) is 56.3 Å². The fourth-order valence-corrected chi connectivity index (χ4v) is 5.81. The zero-order chi connectivity index (χ0) is 25.7. The Morgan fingerprint density at radius 2 is 1.78 bits per heavy atom. The number of benzene rings is 2. The van der Waals surface area contributed by atoms with Crippen LogP contribution in [-0.2, 0) is 6.42 Å². The van der Waals surface area contributed by atoms with Crippen LogP contribution in [0.25, 0.3) is 0 Å². The highest BCUT2D eigenvalue weighted by atomic mass is 35.5. The van der Waals surface area contributed by atoms with E-state index in [-0.39, 0.29) is 5.91 Å². The van der Waals surface area contributed by atoms with Crippen molar-refractivity contribution in [3.05, 3.63) is 75.4 Å². The number of aliphatic imine (C=N–C) groups is 1. The van der Waals surface area contributed by atoms with Crippen LogP contribution < -0.4 is 10.2 Å². The first kappa shape index (κ1) is 26.4. The Labute approximate surface area is 221 Å². The smallest absolute Gasteiger partial charge is 0.251 e. The van der Waals surface area contributed by atoms with Gasteiger partial charge in [0.15, 0.2) is 0 Å². The molecule has 1 aliphatic heterocycles. The third-order valence-electron chi connectivity index (χ3n) is 7.75. The molecule has 0 aromatic heterocycles. The van der Waals surface area contributed by atoms with Gasteiger partial charge in [0.05, 0.1) is 0 Å². The van der Waals surface area contributed by atoms with Crippen molar-refractivity contribution >= 4 is 29.4 Å². The third-order valence-corrected chi connectivity index (χ3v) is 7.96. The summed E-state index contributed by atoms with van der Waals surface area (Å²) in [5.74, 6) is -0.0814. The predicted octanol–water partition coefficient (Wildman–Crippen LogP) is 6.05. The molecule has 0 atom stereocenters. The number of nitrogens with one attached hydrogen (secondary N) is 1. The van der Waals surface area contributed by atoms with Crippen LogP contribution in [0.1, 0.15) is 60.5 Å². The SMILES string of the molecule is CCN(c1cc(Cl)cc(C(=O)NCC2=C(Cc3ccccc3)N=CC2)c1C)C1CCC(N(C)C)CC1. The molecule has 1 heterocycles. The molecule has 0 saturated heterocycles. The molecule has 0 unspecified atom stereocenters. The number of carbonyl (C=O) groups excluding carboxylic acids is 1. The minimum atomic E-state index is -0.0814. The number of hydrogen-bond donors (Lipinski definition) is 1. The molecule has 192 valence electrons. The Hall–Kier alpha value is -2.63. The maximum Gasteiger partial charge on any atom is 0.251 e. The van der Waals surface area contributed by atoms with Crippen LogP contribution in [0.15, 0.2) is 58.7 Å². The molecule has 1 amide bonds. The van der Waals surface area contributed by atoms with Gasteiger partial charge in [-0.1, -0.05) is 41.9 Å². The quantitative estimate of drug-likeness (QED) is 0.450. The van der Waals surface area contributed by atoms with Crippen molar-refractivity contribution in [1.29, 1.82) is 0 Å². The van der Waals surface area contributed by atoms with E-state index in [0.717, 1.165) is 49.2 Å². The first-order valence-electron chi connectivity index (χ1n) is 13.2. The lowest BCUT2D eigenvalue weighted by atomic mass is 9.89. The molecule has 1 N–H and O–H groups in total. The van der Waals surface area contributed by atoms with Gasteiger partial charge in [-0.05, 0) is 82.5 Å². The summed E-state index contributed by atoms with van der Waals surface area (Å²) >= 11 is 6.57. The largest absolute Gasteiger partial charge is 0.369 e. The first-order chi connectivity index (χ1) is 17.4.